The van der Waals surface area contributed by atoms with Crippen molar-refractivity contribution >= 4 is 12.1 Å². The van der Waals surface area contributed by atoms with Crippen LogP contribution >= 0.6 is 0 Å². The van der Waals surface area contributed by atoms with Crippen molar-refractivity contribution in [2.75, 3.05) is 18.0 Å². The monoisotopic (exact) mass is 274 g/mol. The Morgan fingerprint density at radius 2 is 1.85 bits per heavy atom. The average molecular weight is 274 g/mol. The van der Waals surface area contributed by atoms with E-state index < -0.39 is 5.92 Å². The molecule has 0 unspecified atom stereocenters. The first-order valence-corrected chi connectivity index (χ1v) is 6.23. The number of aromatic nitrogens is 1. The molecule has 0 radical (unpaired) electrons. The lowest BCUT2D eigenvalue weighted by atomic mass is 10.00. The van der Waals surface area contributed by atoms with E-state index in [0.717, 1.165) is 5.56 Å². The molecular formula is C15H12F2N2O. The van der Waals surface area contributed by atoms with Gasteiger partial charge in [0.25, 0.3) is 5.92 Å². The minimum absolute atomic E-state index is 0.326. The van der Waals surface area contributed by atoms with Crippen molar-refractivity contribution in [2.45, 2.75) is 5.92 Å². The zero-order valence-electron chi connectivity index (χ0n) is 10.6. The van der Waals surface area contributed by atoms with Gasteiger partial charge < -0.3 is 4.90 Å². The molecule has 20 heavy (non-hydrogen) atoms. The molecule has 0 amide bonds. The smallest absolute Gasteiger partial charge is 0.282 e. The molecule has 0 N–H and O–H groups in total. The normalized spacial score (nSPS) is 16.6. The molecule has 2 heterocycles. The number of anilines is 1. The minimum atomic E-state index is -2.69. The van der Waals surface area contributed by atoms with Crippen LogP contribution < -0.4 is 4.90 Å². The SMILES string of the molecule is O=Cc1c(-c2ccccc2)ccnc1N1CC(F)(F)C1. The van der Waals surface area contributed by atoms with Crippen molar-refractivity contribution in [2.24, 2.45) is 0 Å². The highest BCUT2D eigenvalue weighted by atomic mass is 19.3. The Labute approximate surface area is 114 Å². The van der Waals surface area contributed by atoms with Crippen molar-refractivity contribution in [3.8, 4) is 11.1 Å². The first-order chi connectivity index (χ1) is 9.61. The summed E-state index contributed by atoms with van der Waals surface area (Å²) in [5, 5.41) is 0. The number of rotatable bonds is 3. The maximum Gasteiger partial charge on any atom is 0.282 e. The average Bonchev–Trinajstić information content (AvgIpc) is 2.44. The summed E-state index contributed by atoms with van der Waals surface area (Å²) in [6, 6.07) is 11.1. The fourth-order valence-corrected chi connectivity index (χ4v) is 2.36. The number of pyridine rings is 1. The standard InChI is InChI=1S/C15H12F2N2O/c16-15(17)9-19(10-15)14-13(8-20)12(6-7-18-14)11-4-2-1-3-5-11/h1-8H,9-10H2. The van der Waals surface area contributed by atoms with E-state index in [2.05, 4.69) is 4.98 Å². The summed E-state index contributed by atoms with van der Waals surface area (Å²) in [6.45, 7) is -0.780. The first kappa shape index (κ1) is 12.7. The number of carbonyl (C=O) groups is 1. The highest BCUT2D eigenvalue weighted by molar-refractivity contribution is 5.93. The Balaban J connectivity index is 2.03. The zero-order valence-corrected chi connectivity index (χ0v) is 10.6. The number of carbonyl (C=O) groups excluding carboxylic acids is 1. The molecule has 102 valence electrons. The topological polar surface area (TPSA) is 33.2 Å². The first-order valence-electron chi connectivity index (χ1n) is 6.23. The Hall–Kier alpha value is -2.30. The second kappa shape index (κ2) is 4.67. The predicted molar refractivity (Wildman–Crippen MR) is 72.2 cm³/mol. The number of hydrogen-bond donors (Lipinski definition) is 0. The molecule has 1 aromatic heterocycles. The van der Waals surface area contributed by atoms with Crippen molar-refractivity contribution in [1.82, 2.24) is 4.98 Å². The number of benzene rings is 1. The van der Waals surface area contributed by atoms with E-state index in [4.69, 9.17) is 0 Å². The highest BCUT2D eigenvalue weighted by Crippen LogP contribution is 2.35. The molecule has 1 fully saturated rings. The van der Waals surface area contributed by atoms with Gasteiger partial charge in [0.1, 0.15) is 5.82 Å². The third-order valence-electron chi connectivity index (χ3n) is 3.32. The van der Waals surface area contributed by atoms with E-state index in [0.29, 0.717) is 23.2 Å². The molecule has 1 aromatic carbocycles. The van der Waals surface area contributed by atoms with Crippen LogP contribution in [0, 0.1) is 0 Å². The van der Waals surface area contributed by atoms with Crippen molar-refractivity contribution in [3.63, 3.8) is 0 Å². The lowest BCUT2D eigenvalue weighted by Crippen LogP contribution is -2.57. The number of hydrogen-bond acceptors (Lipinski definition) is 3. The summed E-state index contributed by atoms with van der Waals surface area (Å²) in [6.07, 6.45) is 2.22. The Kier molecular flexibility index (Phi) is 2.97. The van der Waals surface area contributed by atoms with Gasteiger partial charge in [0.15, 0.2) is 6.29 Å². The van der Waals surface area contributed by atoms with Crippen LogP contribution in [0.25, 0.3) is 11.1 Å². The quantitative estimate of drug-likeness (QED) is 0.807. The Morgan fingerprint density at radius 3 is 2.45 bits per heavy atom. The number of halogens is 2. The maximum atomic E-state index is 13.0. The highest BCUT2D eigenvalue weighted by Gasteiger charge is 2.45. The van der Waals surface area contributed by atoms with E-state index in [-0.39, 0.29) is 13.1 Å². The van der Waals surface area contributed by atoms with Crippen molar-refractivity contribution in [3.05, 3.63) is 48.2 Å². The zero-order chi connectivity index (χ0) is 14.2. The lowest BCUT2D eigenvalue weighted by molar-refractivity contribution is -0.0267. The van der Waals surface area contributed by atoms with Gasteiger partial charge in [-0.1, -0.05) is 30.3 Å². The predicted octanol–water partition coefficient (Wildman–Crippen LogP) is 3.02. The summed E-state index contributed by atoms with van der Waals surface area (Å²) in [5.41, 5.74) is 1.93. The van der Waals surface area contributed by atoms with Gasteiger partial charge in [-0.15, -0.1) is 0 Å². The fourth-order valence-electron chi connectivity index (χ4n) is 2.36. The van der Waals surface area contributed by atoms with Crippen molar-refractivity contribution in [1.29, 1.82) is 0 Å². The summed E-state index contributed by atoms with van der Waals surface area (Å²) in [7, 11) is 0. The largest absolute Gasteiger partial charge is 0.344 e. The molecule has 0 saturated carbocycles. The molecule has 0 atom stereocenters. The second-order valence-corrected chi connectivity index (χ2v) is 4.79. The van der Waals surface area contributed by atoms with E-state index in [1.165, 1.54) is 4.90 Å². The Morgan fingerprint density at radius 1 is 1.15 bits per heavy atom. The van der Waals surface area contributed by atoms with Gasteiger partial charge in [-0.05, 0) is 17.2 Å². The van der Waals surface area contributed by atoms with Gasteiger partial charge in [0.05, 0.1) is 18.7 Å². The van der Waals surface area contributed by atoms with Crippen LogP contribution in [0.1, 0.15) is 10.4 Å². The molecular weight excluding hydrogens is 262 g/mol. The molecule has 2 aromatic rings. The summed E-state index contributed by atoms with van der Waals surface area (Å²) in [4.78, 5) is 16.9. The van der Waals surface area contributed by atoms with Crippen LogP contribution in [0.3, 0.4) is 0 Å². The van der Waals surface area contributed by atoms with Crippen LogP contribution in [-0.2, 0) is 0 Å². The number of nitrogens with zero attached hydrogens (tertiary/aromatic N) is 2. The van der Waals surface area contributed by atoms with Gasteiger partial charge in [-0.2, -0.15) is 0 Å². The number of aldehydes is 1. The third-order valence-corrected chi connectivity index (χ3v) is 3.32. The maximum absolute atomic E-state index is 13.0. The molecule has 0 aliphatic carbocycles. The third kappa shape index (κ3) is 2.15. The van der Waals surface area contributed by atoms with Gasteiger partial charge >= 0.3 is 0 Å². The van der Waals surface area contributed by atoms with E-state index in [1.54, 1.807) is 12.3 Å². The molecule has 3 rings (SSSR count). The van der Waals surface area contributed by atoms with Gasteiger partial charge in [-0.3, -0.25) is 4.79 Å². The molecule has 0 bridgehead atoms. The van der Waals surface area contributed by atoms with Crippen LogP contribution in [0.4, 0.5) is 14.6 Å². The summed E-state index contributed by atoms with van der Waals surface area (Å²) >= 11 is 0. The van der Waals surface area contributed by atoms with Gasteiger partial charge in [0, 0.05) is 6.20 Å². The summed E-state index contributed by atoms with van der Waals surface area (Å²) < 4.78 is 26.0. The van der Waals surface area contributed by atoms with E-state index in [1.807, 2.05) is 30.3 Å². The molecule has 1 aliphatic rings. The fraction of sp³-hybridized carbons (Fsp3) is 0.200. The molecule has 5 heteroatoms. The molecule has 1 saturated heterocycles. The molecule has 0 spiro atoms. The van der Waals surface area contributed by atoms with Crippen LogP contribution in [0.5, 0.6) is 0 Å². The van der Waals surface area contributed by atoms with E-state index >= 15 is 0 Å². The van der Waals surface area contributed by atoms with Gasteiger partial charge in [0.2, 0.25) is 0 Å². The van der Waals surface area contributed by atoms with Gasteiger partial charge in [-0.25, -0.2) is 13.8 Å². The minimum Gasteiger partial charge on any atom is -0.344 e. The Bertz CT molecular complexity index is 636. The molecule has 1 aliphatic heterocycles. The van der Waals surface area contributed by atoms with Crippen LogP contribution in [0.15, 0.2) is 42.6 Å². The molecule has 3 nitrogen and oxygen atoms in total. The van der Waals surface area contributed by atoms with E-state index in [9.17, 15) is 13.6 Å². The van der Waals surface area contributed by atoms with Crippen LogP contribution in [-0.4, -0.2) is 30.3 Å². The van der Waals surface area contributed by atoms with Crippen molar-refractivity contribution < 1.29 is 13.6 Å². The summed E-state index contributed by atoms with van der Waals surface area (Å²) in [5.74, 6) is -2.36. The lowest BCUT2D eigenvalue weighted by Gasteiger charge is -2.40. The van der Waals surface area contributed by atoms with Crippen LogP contribution in [0.2, 0.25) is 0 Å². The number of alkyl halides is 2. The second-order valence-electron chi connectivity index (χ2n) is 4.79.